The second kappa shape index (κ2) is 19.4. The molecule has 3 nitrogen and oxygen atoms in total. The van der Waals surface area contributed by atoms with Gasteiger partial charge in [0.05, 0.1) is 11.3 Å². The molecule has 1 radical (unpaired) electrons. The number of rotatable bonds is 9. The number of aliphatic hydroxyl groups is 1. The second-order valence-corrected chi connectivity index (χ2v) is 15.8. The monoisotopic (exact) mass is 939 g/mol. The molecule has 0 spiro atoms. The maximum absolute atomic E-state index is 14.4. The largest absolute Gasteiger partial charge is 0.512 e. The van der Waals surface area contributed by atoms with Gasteiger partial charge in [0.15, 0.2) is 5.78 Å². The maximum atomic E-state index is 14.4. The number of carbonyl (C=O) groups excluding carboxylic acids is 1. The van der Waals surface area contributed by atoms with Crippen LogP contribution in [0.15, 0.2) is 96.9 Å². The number of hydrogen-bond acceptors (Lipinski definition) is 3. The standard InChI is InChI=1S/C36H31F3N.C13H24O2.Ir/c1-35(2,3)32-20-28(19-27-6-4-5-7-29(27)32)34-21-31(33(22-40-34)36(37,38)39)30-18-25-13-12-23-8-10-24(11-9-23)14-16-26(30)17-15-25;1-5-10(6-2)12(14)9-13(15)11(7-3)8-4;/h4-11,15,17-18,20-22H,12-14,16H2,1-3H3;9-11,14H,5-8H2,1-4H3;/q-1;;/b;12-9-;. The van der Waals surface area contributed by atoms with Crippen LogP contribution in [-0.2, 0) is 62.2 Å². The van der Waals surface area contributed by atoms with Gasteiger partial charge in [0, 0.05) is 49.9 Å². The minimum atomic E-state index is -4.53. The van der Waals surface area contributed by atoms with E-state index in [0.717, 1.165) is 78.6 Å². The maximum Gasteiger partial charge on any atom is 0.418 e. The van der Waals surface area contributed by atoms with Gasteiger partial charge in [-0.3, -0.25) is 9.78 Å². The Morgan fingerprint density at radius 3 is 1.91 bits per heavy atom. The minimum absolute atomic E-state index is 0. The van der Waals surface area contributed by atoms with Crippen molar-refractivity contribution in [2.75, 3.05) is 0 Å². The molecule has 1 heterocycles. The van der Waals surface area contributed by atoms with Crippen LogP contribution in [0, 0.1) is 17.9 Å². The minimum Gasteiger partial charge on any atom is -0.512 e. The van der Waals surface area contributed by atoms with Crippen molar-refractivity contribution in [3.05, 3.63) is 136 Å². The normalized spacial score (nSPS) is 13.2. The molecule has 299 valence electrons. The summed E-state index contributed by atoms with van der Waals surface area (Å²) < 4.78 is 43.3. The summed E-state index contributed by atoms with van der Waals surface area (Å²) in [4.78, 5) is 16.1. The van der Waals surface area contributed by atoms with E-state index in [4.69, 9.17) is 0 Å². The Labute approximate surface area is 345 Å². The number of alkyl halides is 3. The zero-order valence-corrected chi connectivity index (χ0v) is 36.1. The molecule has 0 unspecified atom stereocenters. The van der Waals surface area contributed by atoms with Gasteiger partial charge in [0.1, 0.15) is 0 Å². The van der Waals surface area contributed by atoms with Crippen LogP contribution in [0.25, 0.3) is 33.2 Å². The number of fused-ring (bicyclic) bond motifs is 1. The molecule has 0 saturated heterocycles. The smallest absolute Gasteiger partial charge is 0.418 e. The van der Waals surface area contributed by atoms with E-state index in [1.807, 2.05) is 64.1 Å². The molecule has 0 aliphatic heterocycles. The number of halogens is 3. The number of aromatic nitrogens is 1. The number of benzene rings is 4. The first kappa shape index (κ1) is 44.7. The topological polar surface area (TPSA) is 50.2 Å². The zero-order valence-electron chi connectivity index (χ0n) is 33.7. The molecule has 0 saturated carbocycles. The average Bonchev–Trinajstić information content (AvgIpc) is 3.15. The van der Waals surface area contributed by atoms with Crippen LogP contribution in [0.4, 0.5) is 13.2 Å². The van der Waals surface area contributed by atoms with Crippen LogP contribution in [0.5, 0.6) is 0 Å². The predicted molar refractivity (Wildman–Crippen MR) is 220 cm³/mol. The number of ketones is 1. The fraction of sp³-hybridized carbons (Fsp3) is 0.388. The molecule has 0 atom stereocenters. The van der Waals surface area contributed by atoms with Crippen molar-refractivity contribution in [2.24, 2.45) is 11.8 Å². The SMILES string of the molecule is CC(C)(C)c1cc(-c2cc(-c3cc4ccc3CCc3ccc(cc3)CC4)c(C(F)(F)F)cn2)[c-]c2ccccc12.CCC(CC)C(=O)/C=C(\O)C(CC)CC.[Ir]. The Balaban J connectivity index is 0.000000372. The molecule has 5 aromatic rings. The number of aryl methyl sites for hydroxylation is 4. The van der Waals surface area contributed by atoms with E-state index in [1.165, 1.54) is 17.2 Å². The van der Waals surface area contributed by atoms with Crippen LogP contribution >= 0.6 is 0 Å². The quantitative estimate of drug-likeness (QED) is 0.0910. The Morgan fingerprint density at radius 1 is 0.750 bits per heavy atom. The van der Waals surface area contributed by atoms with Crippen LogP contribution in [-0.4, -0.2) is 15.9 Å². The first-order chi connectivity index (χ1) is 26.2. The molecule has 0 amide bonds. The molecule has 4 bridgehead atoms. The van der Waals surface area contributed by atoms with Gasteiger partial charge >= 0.3 is 6.18 Å². The Hall–Kier alpha value is -4.06. The van der Waals surface area contributed by atoms with Gasteiger partial charge in [0.25, 0.3) is 0 Å². The van der Waals surface area contributed by atoms with E-state index in [9.17, 15) is 23.1 Å². The Bertz CT molecular complexity index is 2120. The zero-order chi connectivity index (χ0) is 39.9. The van der Waals surface area contributed by atoms with E-state index in [1.54, 1.807) is 6.07 Å². The number of aliphatic hydroxyl groups excluding tert-OH is 1. The first-order valence-corrected chi connectivity index (χ1v) is 19.8. The summed E-state index contributed by atoms with van der Waals surface area (Å²) in [6.07, 6.45) is 4.40. The molecule has 9 rings (SSSR count). The summed E-state index contributed by atoms with van der Waals surface area (Å²) in [5.74, 6) is 0.547. The van der Waals surface area contributed by atoms with Gasteiger partial charge in [-0.25, -0.2) is 0 Å². The number of hydrogen-bond donors (Lipinski definition) is 1. The summed E-state index contributed by atoms with van der Waals surface area (Å²) in [7, 11) is 0. The van der Waals surface area contributed by atoms with E-state index < -0.39 is 11.7 Å². The van der Waals surface area contributed by atoms with E-state index in [0.29, 0.717) is 23.2 Å². The molecular weight excluding hydrogens is 884 g/mol. The van der Waals surface area contributed by atoms with Crippen molar-refractivity contribution >= 4 is 16.6 Å². The molecule has 0 fully saturated rings. The number of allylic oxidation sites excluding steroid dienone is 2. The van der Waals surface area contributed by atoms with E-state index >= 15 is 0 Å². The van der Waals surface area contributed by atoms with Gasteiger partial charge in [-0.1, -0.05) is 126 Å². The fourth-order valence-corrected chi connectivity index (χ4v) is 7.51. The van der Waals surface area contributed by atoms with Crippen molar-refractivity contribution in [3.8, 4) is 22.4 Å². The van der Waals surface area contributed by atoms with Crippen LogP contribution in [0.1, 0.15) is 108 Å². The van der Waals surface area contributed by atoms with Crippen LogP contribution < -0.4 is 0 Å². The fourth-order valence-electron chi connectivity index (χ4n) is 7.51. The number of nitrogens with zero attached hydrogens (tertiary/aromatic N) is 1. The first-order valence-electron chi connectivity index (χ1n) is 19.8. The summed E-state index contributed by atoms with van der Waals surface area (Å²) >= 11 is 0. The van der Waals surface area contributed by atoms with Gasteiger partial charge < -0.3 is 5.11 Å². The van der Waals surface area contributed by atoms with Gasteiger partial charge in [0.2, 0.25) is 0 Å². The Kier molecular flexibility index (Phi) is 15.5. The summed E-state index contributed by atoms with van der Waals surface area (Å²) in [6, 6.07) is 29.8. The molecular formula is C49H55F3IrNO2-. The molecule has 4 aliphatic carbocycles. The summed E-state index contributed by atoms with van der Waals surface area (Å²) in [5, 5.41) is 11.8. The van der Waals surface area contributed by atoms with Crippen molar-refractivity contribution < 1.29 is 43.2 Å². The van der Waals surface area contributed by atoms with E-state index in [-0.39, 0.29) is 54.5 Å². The molecule has 4 aromatic carbocycles. The third-order valence-corrected chi connectivity index (χ3v) is 11.0. The Morgan fingerprint density at radius 2 is 1.32 bits per heavy atom. The third-order valence-electron chi connectivity index (χ3n) is 11.0. The van der Waals surface area contributed by atoms with Crippen molar-refractivity contribution in [1.82, 2.24) is 4.98 Å². The van der Waals surface area contributed by atoms with Gasteiger partial charge in [-0.15, -0.1) is 29.1 Å². The van der Waals surface area contributed by atoms with Crippen molar-refractivity contribution in [1.29, 1.82) is 0 Å². The summed E-state index contributed by atoms with van der Waals surface area (Å²) in [6.45, 7) is 14.5. The third kappa shape index (κ3) is 10.9. The van der Waals surface area contributed by atoms with Gasteiger partial charge in [-0.2, -0.15) is 13.2 Å². The van der Waals surface area contributed by atoms with E-state index in [2.05, 4.69) is 68.2 Å². The average molecular weight is 939 g/mol. The number of carbonyl (C=O) groups is 1. The van der Waals surface area contributed by atoms with Gasteiger partial charge in [-0.05, 0) is 90.2 Å². The second-order valence-electron chi connectivity index (χ2n) is 15.8. The van der Waals surface area contributed by atoms with Crippen LogP contribution in [0.3, 0.4) is 0 Å². The molecule has 1 N–H and O–H groups in total. The molecule has 56 heavy (non-hydrogen) atoms. The van der Waals surface area contributed by atoms with Crippen molar-refractivity contribution in [3.63, 3.8) is 0 Å². The van der Waals surface area contributed by atoms with Crippen LogP contribution in [0.2, 0.25) is 0 Å². The summed E-state index contributed by atoms with van der Waals surface area (Å²) in [5.41, 5.74) is 6.62. The predicted octanol–water partition coefficient (Wildman–Crippen LogP) is 13.4. The molecule has 1 aromatic heterocycles. The molecule has 7 heteroatoms. The number of pyridine rings is 1. The van der Waals surface area contributed by atoms with Crippen molar-refractivity contribution in [2.45, 2.75) is 111 Å². The molecule has 4 aliphatic rings.